The largest absolute Gasteiger partial charge is 0.478 e. The highest BCUT2D eigenvalue weighted by Gasteiger charge is 2.12. The van der Waals surface area contributed by atoms with E-state index in [-0.39, 0.29) is 5.56 Å². The minimum atomic E-state index is -0.998. The number of nitrogens with zero attached hydrogens (tertiary/aromatic N) is 2. The molecule has 0 aromatic carbocycles. The van der Waals surface area contributed by atoms with E-state index < -0.39 is 5.97 Å². The molecule has 2 aromatic rings. The van der Waals surface area contributed by atoms with Gasteiger partial charge in [-0.3, -0.25) is 4.40 Å². The van der Waals surface area contributed by atoms with E-state index >= 15 is 0 Å². The molecule has 0 aliphatic heterocycles. The number of fused-ring (bicyclic) bond motifs is 1. The second-order valence-corrected chi connectivity index (χ2v) is 3.34. The molecule has 1 N–H and O–H groups in total. The van der Waals surface area contributed by atoms with Gasteiger partial charge in [-0.15, -0.1) is 0 Å². The number of carbonyl (C=O) groups is 1. The maximum atomic E-state index is 10.8. The Kier molecular flexibility index (Phi) is 1.93. The van der Waals surface area contributed by atoms with Crippen molar-refractivity contribution in [1.29, 1.82) is 0 Å². The van der Waals surface area contributed by atoms with Gasteiger partial charge in [-0.25, -0.2) is 9.78 Å². The molecule has 0 amide bonds. The molecule has 4 nitrogen and oxygen atoms in total. The lowest BCUT2D eigenvalue weighted by atomic mass is 10.3. The van der Waals surface area contributed by atoms with Gasteiger partial charge in [-0.1, -0.05) is 11.6 Å². The van der Waals surface area contributed by atoms with Crippen LogP contribution in [0.15, 0.2) is 18.3 Å². The third kappa shape index (κ3) is 1.24. The first-order valence-electron chi connectivity index (χ1n) is 3.97. The van der Waals surface area contributed by atoms with Gasteiger partial charge in [0.2, 0.25) is 0 Å². The first-order chi connectivity index (χ1) is 6.59. The lowest BCUT2D eigenvalue weighted by molar-refractivity contribution is 0.0699. The predicted molar refractivity (Wildman–Crippen MR) is 51.9 cm³/mol. The monoisotopic (exact) mass is 210 g/mol. The summed E-state index contributed by atoms with van der Waals surface area (Å²) in [7, 11) is 0. The van der Waals surface area contributed by atoms with Gasteiger partial charge in [0.05, 0.1) is 0 Å². The summed E-state index contributed by atoms with van der Waals surface area (Å²) < 4.78 is 1.54. The summed E-state index contributed by atoms with van der Waals surface area (Å²) in [5.41, 5.74) is 1.24. The van der Waals surface area contributed by atoms with Crippen molar-refractivity contribution < 1.29 is 9.90 Å². The summed E-state index contributed by atoms with van der Waals surface area (Å²) >= 11 is 5.91. The molecule has 14 heavy (non-hydrogen) atoms. The van der Waals surface area contributed by atoms with Gasteiger partial charge in [0, 0.05) is 11.9 Å². The zero-order chi connectivity index (χ0) is 10.3. The number of carboxylic acids is 1. The van der Waals surface area contributed by atoms with E-state index in [1.165, 1.54) is 10.5 Å². The molecule has 0 fully saturated rings. The number of hydrogen-bond donors (Lipinski definition) is 1. The Morgan fingerprint density at radius 1 is 1.64 bits per heavy atom. The average molecular weight is 211 g/mol. The summed E-state index contributed by atoms with van der Waals surface area (Å²) in [6, 6.07) is 3.16. The molecule has 0 saturated carbocycles. The minimum absolute atomic E-state index is 0.163. The van der Waals surface area contributed by atoms with Crippen LogP contribution < -0.4 is 0 Å². The van der Waals surface area contributed by atoms with E-state index in [4.69, 9.17) is 16.7 Å². The highest BCUT2D eigenvalue weighted by molar-refractivity contribution is 6.29. The molecule has 2 heterocycles. The number of rotatable bonds is 1. The maximum Gasteiger partial charge on any atom is 0.339 e. The van der Waals surface area contributed by atoms with E-state index in [0.717, 1.165) is 0 Å². The van der Waals surface area contributed by atoms with E-state index in [2.05, 4.69) is 4.98 Å². The van der Waals surface area contributed by atoms with Crippen molar-refractivity contribution >= 4 is 23.2 Å². The van der Waals surface area contributed by atoms with Crippen molar-refractivity contribution in [2.75, 3.05) is 0 Å². The molecule has 2 aromatic heterocycles. The highest BCUT2D eigenvalue weighted by Crippen LogP contribution is 2.17. The summed E-state index contributed by atoms with van der Waals surface area (Å²) in [5, 5.41) is 9.32. The lowest BCUT2D eigenvalue weighted by Crippen LogP contribution is -1.99. The van der Waals surface area contributed by atoms with Crippen molar-refractivity contribution in [2.24, 2.45) is 0 Å². The van der Waals surface area contributed by atoms with Crippen LogP contribution in [0.1, 0.15) is 16.1 Å². The molecular formula is C9H7ClN2O2. The Bertz CT molecular complexity index is 519. The summed E-state index contributed by atoms with van der Waals surface area (Å²) in [5.74, 6) is -0.998. The lowest BCUT2D eigenvalue weighted by Gasteiger charge is -2.00. The van der Waals surface area contributed by atoms with Crippen LogP contribution >= 0.6 is 11.6 Å². The molecule has 0 radical (unpaired) electrons. The fraction of sp³-hybridized carbons (Fsp3) is 0.111. The Morgan fingerprint density at radius 2 is 2.36 bits per heavy atom. The molecule has 0 aliphatic carbocycles. The van der Waals surface area contributed by atoms with Crippen molar-refractivity contribution in [3.8, 4) is 0 Å². The topological polar surface area (TPSA) is 54.6 Å². The van der Waals surface area contributed by atoms with Gasteiger partial charge in [0.15, 0.2) is 5.65 Å². The first-order valence-corrected chi connectivity index (χ1v) is 4.35. The SMILES string of the molecule is Cc1cc(Cl)n2ccc(C(=O)O)c2n1. The summed E-state index contributed by atoms with van der Waals surface area (Å²) in [6.07, 6.45) is 1.59. The first kappa shape index (κ1) is 9.02. The molecule has 0 bridgehead atoms. The molecule has 0 spiro atoms. The van der Waals surface area contributed by atoms with E-state index in [1.54, 1.807) is 19.2 Å². The van der Waals surface area contributed by atoms with Gasteiger partial charge in [0.1, 0.15) is 10.7 Å². The number of aryl methyl sites for hydroxylation is 1. The smallest absolute Gasteiger partial charge is 0.339 e. The molecular weight excluding hydrogens is 204 g/mol. The molecule has 0 saturated heterocycles. The minimum Gasteiger partial charge on any atom is -0.478 e. The number of hydrogen-bond acceptors (Lipinski definition) is 2. The van der Waals surface area contributed by atoms with Crippen molar-refractivity contribution in [1.82, 2.24) is 9.38 Å². The Balaban J connectivity index is 2.85. The molecule has 72 valence electrons. The van der Waals surface area contributed by atoms with Crippen LogP contribution in [0.5, 0.6) is 0 Å². The normalized spacial score (nSPS) is 10.7. The van der Waals surface area contributed by atoms with Gasteiger partial charge >= 0.3 is 5.97 Å². The van der Waals surface area contributed by atoms with Crippen molar-refractivity contribution in [3.63, 3.8) is 0 Å². The van der Waals surface area contributed by atoms with Crippen LogP contribution in [0, 0.1) is 6.92 Å². The van der Waals surface area contributed by atoms with E-state index in [9.17, 15) is 4.79 Å². The van der Waals surface area contributed by atoms with Crippen molar-refractivity contribution in [3.05, 3.63) is 34.7 Å². The fourth-order valence-electron chi connectivity index (χ4n) is 1.32. The Hall–Kier alpha value is -1.55. The van der Waals surface area contributed by atoms with Crippen LogP contribution in [0.25, 0.3) is 5.65 Å². The van der Waals surface area contributed by atoms with Gasteiger partial charge in [-0.2, -0.15) is 0 Å². The van der Waals surface area contributed by atoms with Gasteiger partial charge in [-0.05, 0) is 19.1 Å². The molecule has 5 heteroatoms. The predicted octanol–water partition coefficient (Wildman–Crippen LogP) is 1.99. The molecule has 0 aliphatic rings. The Morgan fingerprint density at radius 3 is 3.00 bits per heavy atom. The highest BCUT2D eigenvalue weighted by atomic mass is 35.5. The zero-order valence-electron chi connectivity index (χ0n) is 7.36. The van der Waals surface area contributed by atoms with Crippen LogP contribution in [0.3, 0.4) is 0 Å². The average Bonchev–Trinajstić information content (AvgIpc) is 2.47. The Labute approximate surface area is 84.8 Å². The standard InChI is InChI=1S/C9H7ClN2O2/c1-5-4-7(10)12-3-2-6(9(13)14)8(12)11-5/h2-4H,1H3,(H,13,14). The molecule has 2 rings (SSSR count). The zero-order valence-corrected chi connectivity index (χ0v) is 8.12. The maximum absolute atomic E-state index is 10.8. The summed E-state index contributed by atoms with van der Waals surface area (Å²) in [4.78, 5) is 14.9. The third-order valence-electron chi connectivity index (χ3n) is 1.93. The van der Waals surface area contributed by atoms with E-state index in [0.29, 0.717) is 16.5 Å². The number of aromatic nitrogens is 2. The number of halogens is 1. The van der Waals surface area contributed by atoms with Crippen molar-refractivity contribution in [2.45, 2.75) is 6.92 Å². The van der Waals surface area contributed by atoms with Gasteiger partial charge < -0.3 is 5.11 Å². The molecule has 0 atom stereocenters. The summed E-state index contributed by atoms with van der Waals surface area (Å²) in [6.45, 7) is 1.77. The van der Waals surface area contributed by atoms with Crippen LogP contribution in [0.4, 0.5) is 0 Å². The number of carboxylic acid groups (broad SMARTS) is 1. The molecule has 0 unspecified atom stereocenters. The van der Waals surface area contributed by atoms with E-state index in [1.807, 2.05) is 0 Å². The van der Waals surface area contributed by atoms with Crippen LogP contribution in [-0.4, -0.2) is 20.5 Å². The number of aromatic carboxylic acids is 1. The van der Waals surface area contributed by atoms with Crippen LogP contribution in [-0.2, 0) is 0 Å². The van der Waals surface area contributed by atoms with Crippen LogP contribution in [0.2, 0.25) is 5.15 Å². The fourth-order valence-corrected chi connectivity index (χ4v) is 1.61. The van der Waals surface area contributed by atoms with Gasteiger partial charge in [0.25, 0.3) is 0 Å². The quantitative estimate of drug-likeness (QED) is 0.733. The second kappa shape index (κ2) is 2.99. The third-order valence-corrected chi connectivity index (χ3v) is 2.22. The second-order valence-electron chi connectivity index (χ2n) is 2.95.